The predicted molar refractivity (Wildman–Crippen MR) is 141 cm³/mol. The molecule has 1 saturated heterocycles. The van der Waals surface area contributed by atoms with E-state index in [1.54, 1.807) is 13.2 Å². The first kappa shape index (κ1) is 29.1. The Bertz CT molecular complexity index is 874. The van der Waals surface area contributed by atoms with E-state index in [0.717, 1.165) is 54.1 Å². The second kappa shape index (κ2) is 16.7. The molecule has 1 aromatic carbocycles. The lowest BCUT2D eigenvalue weighted by atomic mass is 9.98. The fraction of sp³-hybridized carbons (Fsp3) is 0.448. The van der Waals surface area contributed by atoms with Gasteiger partial charge in [-0.25, -0.2) is 0 Å². The van der Waals surface area contributed by atoms with E-state index in [2.05, 4.69) is 18.4 Å². The van der Waals surface area contributed by atoms with Crippen LogP contribution in [-0.2, 0) is 14.3 Å². The van der Waals surface area contributed by atoms with Crippen LogP contribution in [-0.4, -0.2) is 51.0 Å². The normalized spacial score (nSPS) is 15.7. The lowest BCUT2D eigenvalue weighted by Gasteiger charge is -2.31. The summed E-state index contributed by atoms with van der Waals surface area (Å²) < 4.78 is 10.4. The third-order valence-electron chi connectivity index (χ3n) is 5.89. The minimum absolute atomic E-state index is 0.292. The monoisotopic (exact) mass is 467 g/mol. The molecule has 2 rings (SSSR count). The van der Waals surface area contributed by atoms with Crippen molar-refractivity contribution >= 4 is 18.8 Å². The Morgan fingerprint density at radius 2 is 1.85 bits per heavy atom. The van der Waals surface area contributed by atoms with Crippen molar-refractivity contribution in [2.75, 3.05) is 33.4 Å². The van der Waals surface area contributed by atoms with Crippen LogP contribution in [0.15, 0.2) is 65.3 Å². The number of hydrogen-bond acceptors (Lipinski definition) is 5. The Hall–Kier alpha value is -2.92. The zero-order chi connectivity index (χ0) is 25.3. The molecule has 186 valence electrons. The van der Waals surface area contributed by atoms with Crippen LogP contribution in [0.3, 0.4) is 0 Å². The van der Waals surface area contributed by atoms with E-state index in [1.165, 1.54) is 12.8 Å². The summed E-state index contributed by atoms with van der Waals surface area (Å²) in [6, 6.07) is 7.55. The zero-order valence-electron chi connectivity index (χ0n) is 21.5. The highest BCUT2D eigenvalue weighted by molar-refractivity contribution is 5.88. The van der Waals surface area contributed by atoms with Gasteiger partial charge in [0.15, 0.2) is 0 Å². The van der Waals surface area contributed by atoms with E-state index in [0.29, 0.717) is 30.8 Å². The number of allylic oxidation sites excluding steroid dienone is 5. The lowest BCUT2D eigenvalue weighted by molar-refractivity contribution is -0.127. The van der Waals surface area contributed by atoms with Crippen molar-refractivity contribution < 1.29 is 19.1 Å². The van der Waals surface area contributed by atoms with Gasteiger partial charge in [0, 0.05) is 17.7 Å². The lowest BCUT2D eigenvalue weighted by Crippen LogP contribution is -2.35. The van der Waals surface area contributed by atoms with Crippen LogP contribution in [0.25, 0.3) is 6.08 Å². The molecule has 0 atom stereocenters. The molecule has 5 heteroatoms. The topological polar surface area (TPSA) is 55.8 Å². The molecule has 0 bridgehead atoms. The van der Waals surface area contributed by atoms with Crippen LogP contribution in [0.4, 0.5) is 0 Å². The van der Waals surface area contributed by atoms with Gasteiger partial charge in [-0.05, 0) is 74.1 Å². The molecule has 1 fully saturated rings. The number of aldehydes is 1. The van der Waals surface area contributed by atoms with Gasteiger partial charge in [-0.15, -0.1) is 0 Å². The van der Waals surface area contributed by atoms with Gasteiger partial charge in [0.25, 0.3) is 6.47 Å². The average Bonchev–Trinajstić information content (AvgIpc) is 2.87. The van der Waals surface area contributed by atoms with E-state index in [1.807, 2.05) is 57.2 Å². The second-order valence-electron chi connectivity index (χ2n) is 8.32. The largest absolute Gasteiger partial charge is 0.496 e. The number of ether oxygens (including phenoxy) is 2. The summed E-state index contributed by atoms with van der Waals surface area (Å²) >= 11 is 0. The maximum Gasteiger partial charge on any atom is 0.293 e. The van der Waals surface area contributed by atoms with Gasteiger partial charge in [0.2, 0.25) is 0 Å². The predicted octanol–water partition coefficient (Wildman–Crippen LogP) is 6.03. The third-order valence-corrected chi connectivity index (χ3v) is 5.89. The summed E-state index contributed by atoms with van der Waals surface area (Å²) in [5.41, 5.74) is 4.26. The SMILES string of the molecule is C=C(C/C=C\C(C)=C(/COC=O)CN1CCC(C)CC1)/C(C=O)=C/c1ccccc1OC.CC. The standard InChI is InChI=1S/C27H35NO4.C2H6/c1-21-12-14-28(15-13-21)17-26(19-32-20-30)23(3)9-7-8-22(2)25(18-29)16-24-10-5-6-11-27(24)31-4;1-2/h5-7,9-11,16,18,20-21H,2,8,12-15,17,19H2,1,3-4H3;1-2H3/b9-7-,25-16+,26-23-;. The van der Waals surface area contributed by atoms with Gasteiger partial charge in [-0.2, -0.15) is 0 Å². The number of nitrogens with zero attached hydrogens (tertiary/aromatic N) is 1. The van der Waals surface area contributed by atoms with Crippen molar-refractivity contribution in [3.8, 4) is 5.75 Å². The molecule has 1 aliphatic rings. The molecule has 0 aromatic heterocycles. The van der Waals surface area contributed by atoms with Crippen LogP contribution in [0, 0.1) is 5.92 Å². The fourth-order valence-corrected chi connectivity index (χ4v) is 3.70. The van der Waals surface area contributed by atoms with Gasteiger partial charge in [0.05, 0.1) is 7.11 Å². The Balaban J connectivity index is 0.00000281. The van der Waals surface area contributed by atoms with E-state index >= 15 is 0 Å². The quantitative estimate of drug-likeness (QED) is 0.213. The van der Waals surface area contributed by atoms with Crippen molar-refractivity contribution in [2.24, 2.45) is 5.92 Å². The highest BCUT2D eigenvalue weighted by atomic mass is 16.5. The van der Waals surface area contributed by atoms with Gasteiger partial charge in [-0.1, -0.05) is 57.7 Å². The summed E-state index contributed by atoms with van der Waals surface area (Å²) in [6.07, 6.45) is 9.58. The molecule has 0 spiro atoms. The molecule has 0 saturated carbocycles. The highest BCUT2D eigenvalue weighted by Crippen LogP contribution is 2.23. The van der Waals surface area contributed by atoms with Crippen LogP contribution >= 0.6 is 0 Å². The Labute approximate surface area is 205 Å². The molecule has 34 heavy (non-hydrogen) atoms. The number of para-hydroxylation sites is 1. The van der Waals surface area contributed by atoms with E-state index < -0.39 is 0 Å². The number of carbonyl (C=O) groups excluding carboxylic acids is 2. The van der Waals surface area contributed by atoms with Crippen molar-refractivity contribution in [3.05, 3.63) is 70.9 Å². The molecule has 1 aromatic rings. The van der Waals surface area contributed by atoms with E-state index in [9.17, 15) is 9.59 Å². The maximum absolute atomic E-state index is 11.7. The first-order valence-corrected chi connectivity index (χ1v) is 12.1. The van der Waals surface area contributed by atoms with Gasteiger partial charge < -0.3 is 9.47 Å². The molecule has 1 heterocycles. The summed E-state index contributed by atoms with van der Waals surface area (Å²) in [4.78, 5) is 24.8. The Morgan fingerprint density at radius 1 is 1.18 bits per heavy atom. The molecule has 0 unspecified atom stereocenters. The third kappa shape index (κ3) is 9.92. The minimum Gasteiger partial charge on any atom is -0.496 e. The Morgan fingerprint density at radius 3 is 2.47 bits per heavy atom. The maximum atomic E-state index is 11.7. The van der Waals surface area contributed by atoms with Gasteiger partial charge in [0.1, 0.15) is 18.6 Å². The first-order valence-electron chi connectivity index (χ1n) is 12.1. The van der Waals surface area contributed by atoms with Crippen LogP contribution in [0.1, 0.15) is 52.5 Å². The van der Waals surface area contributed by atoms with Crippen molar-refractivity contribution in [2.45, 2.75) is 47.0 Å². The van der Waals surface area contributed by atoms with Crippen molar-refractivity contribution in [1.82, 2.24) is 4.90 Å². The molecular weight excluding hydrogens is 426 g/mol. The summed E-state index contributed by atoms with van der Waals surface area (Å²) in [5, 5.41) is 0. The molecule has 1 aliphatic heterocycles. The van der Waals surface area contributed by atoms with Crippen molar-refractivity contribution in [3.63, 3.8) is 0 Å². The average molecular weight is 468 g/mol. The zero-order valence-corrected chi connectivity index (χ0v) is 21.5. The number of methoxy groups -OCH3 is 1. The smallest absolute Gasteiger partial charge is 0.293 e. The van der Waals surface area contributed by atoms with Gasteiger partial charge in [-0.3, -0.25) is 14.5 Å². The molecule has 0 N–H and O–H groups in total. The number of benzene rings is 1. The summed E-state index contributed by atoms with van der Waals surface area (Å²) in [7, 11) is 1.61. The first-order chi connectivity index (χ1) is 16.5. The van der Waals surface area contributed by atoms with E-state index in [4.69, 9.17) is 9.47 Å². The van der Waals surface area contributed by atoms with Crippen LogP contribution in [0.5, 0.6) is 5.75 Å². The molecule has 0 radical (unpaired) electrons. The Kier molecular flexibility index (Phi) is 14.3. The van der Waals surface area contributed by atoms with Crippen LogP contribution < -0.4 is 4.74 Å². The molecule has 0 amide bonds. The summed E-state index contributed by atoms with van der Waals surface area (Å²) in [5.74, 6) is 1.48. The molecular formula is C29H41NO4. The fourth-order valence-electron chi connectivity index (χ4n) is 3.70. The molecule has 0 aliphatic carbocycles. The number of likely N-dealkylation sites (tertiary alicyclic amines) is 1. The second-order valence-corrected chi connectivity index (χ2v) is 8.32. The van der Waals surface area contributed by atoms with E-state index in [-0.39, 0.29) is 0 Å². The number of carbonyl (C=O) groups is 2. The highest BCUT2D eigenvalue weighted by Gasteiger charge is 2.17. The van der Waals surface area contributed by atoms with Crippen molar-refractivity contribution in [1.29, 1.82) is 0 Å². The number of piperidine rings is 1. The molecule has 5 nitrogen and oxygen atoms in total. The minimum atomic E-state index is 0.292. The van der Waals surface area contributed by atoms with Gasteiger partial charge >= 0.3 is 0 Å². The summed E-state index contributed by atoms with van der Waals surface area (Å²) in [6.45, 7) is 16.1. The van der Waals surface area contributed by atoms with Crippen LogP contribution in [0.2, 0.25) is 0 Å². The number of rotatable bonds is 12. The number of hydrogen-bond donors (Lipinski definition) is 0.